The van der Waals surface area contributed by atoms with Gasteiger partial charge in [-0.15, -0.1) is 0 Å². The van der Waals surface area contributed by atoms with Crippen molar-refractivity contribution < 1.29 is 4.79 Å². The highest BCUT2D eigenvalue weighted by molar-refractivity contribution is 5.89. The zero-order valence-corrected chi connectivity index (χ0v) is 10.1. The number of hydrogen-bond donors (Lipinski definition) is 1. The molecule has 1 aromatic heterocycles. The van der Waals surface area contributed by atoms with Crippen LogP contribution in [-0.4, -0.2) is 53.5 Å². The summed E-state index contributed by atoms with van der Waals surface area (Å²) in [6.07, 6.45) is 3.34. The summed E-state index contributed by atoms with van der Waals surface area (Å²) in [7, 11) is 0. The maximum absolute atomic E-state index is 11.9. The van der Waals surface area contributed by atoms with Crippen molar-refractivity contribution in [3.05, 3.63) is 24.5 Å². The molecule has 0 saturated carbocycles. The van der Waals surface area contributed by atoms with Crippen LogP contribution in [0.3, 0.4) is 0 Å². The normalized spacial score (nSPS) is 16.9. The summed E-state index contributed by atoms with van der Waals surface area (Å²) in [6.45, 7) is 6.69. The lowest BCUT2D eigenvalue weighted by Gasteiger charge is -2.33. The molecule has 2 heterocycles. The molecule has 0 spiro atoms. The van der Waals surface area contributed by atoms with Gasteiger partial charge in [-0.2, -0.15) is 0 Å². The van der Waals surface area contributed by atoms with E-state index in [1.54, 1.807) is 12.4 Å². The van der Waals surface area contributed by atoms with Crippen LogP contribution in [0.5, 0.6) is 0 Å². The van der Waals surface area contributed by atoms with Gasteiger partial charge < -0.3 is 15.1 Å². The van der Waals surface area contributed by atoms with Crippen LogP contribution >= 0.6 is 0 Å². The average Bonchev–Trinajstić information content (AvgIpc) is 2.40. The van der Waals surface area contributed by atoms with Crippen LogP contribution in [0.2, 0.25) is 0 Å². The number of hydrogen-bond acceptors (Lipinski definition) is 3. The summed E-state index contributed by atoms with van der Waals surface area (Å²) in [5, 5.41) is 2.85. The molecule has 1 aromatic rings. The lowest BCUT2D eigenvalue weighted by molar-refractivity contribution is 0.151. The van der Waals surface area contributed by atoms with E-state index in [9.17, 15) is 4.79 Å². The Kier molecular flexibility index (Phi) is 3.93. The smallest absolute Gasteiger partial charge is 0.321 e. The Morgan fingerprint density at radius 3 is 2.76 bits per heavy atom. The van der Waals surface area contributed by atoms with E-state index < -0.39 is 0 Å². The second kappa shape index (κ2) is 5.63. The average molecular weight is 234 g/mol. The molecule has 2 rings (SSSR count). The SMILES string of the molecule is CCN1CCN(C(=O)Nc2cccnc2)CC1. The number of nitrogens with one attached hydrogen (secondary N) is 1. The van der Waals surface area contributed by atoms with Crippen molar-refractivity contribution in [3.8, 4) is 0 Å². The second-order valence-electron chi connectivity index (χ2n) is 4.09. The number of pyridine rings is 1. The quantitative estimate of drug-likeness (QED) is 0.838. The molecule has 0 bridgehead atoms. The van der Waals surface area contributed by atoms with Crippen molar-refractivity contribution in [2.75, 3.05) is 38.0 Å². The van der Waals surface area contributed by atoms with Crippen molar-refractivity contribution in [2.45, 2.75) is 6.92 Å². The first-order chi connectivity index (χ1) is 8.29. The molecule has 5 heteroatoms. The van der Waals surface area contributed by atoms with Gasteiger partial charge in [0.2, 0.25) is 0 Å². The fourth-order valence-electron chi connectivity index (χ4n) is 1.91. The van der Waals surface area contributed by atoms with Crippen LogP contribution in [0.15, 0.2) is 24.5 Å². The molecular weight excluding hydrogens is 216 g/mol. The number of urea groups is 1. The molecule has 0 aliphatic carbocycles. The summed E-state index contributed by atoms with van der Waals surface area (Å²) in [4.78, 5) is 20.1. The first-order valence-corrected chi connectivity index (χ1v) is 5.98. The van der Waals surface area contributed by atoms with Gasteiger partial charge in [0.25, 0.3) is 0 Å². The van der Waals surface area contributed by atoms with E-state index in [0.717, 1.165) is 38.4 Å². The molecule has 5 nitrogen and oxygen atoms in total. The van der Waals surface area contributed by atoms with E-state index in [-0.39, 0.29) is 6.03 Å². The van der Waals surface area contributed by atoms with E-state index >= 15 is 0 Å². The van der Waals surface area contributed by atoms with Gasteiger partial charge in [0.15, 0.2) is 0 Å². The summed E-state index contributed by atoms with van der Waals surface area (Å²) >= 11 is 0. The van der Waals surface area contributed by atoms with Crippen LogP contribution in [0.25, 0.3) is 0 Å². The first kappa shape index (κ1) is 11.9. The minimum Gasteiger partial charge on any atom is -0.322 e. The van der Waals surface area contributed by atoms with Crippen molar-refractivity contribution in [1.29, 1.82) is 0 Å². The summed E-state index contributed by atoms with van der Waals surface area (Å²) < 4.78 is 0. The van der Waals surface area contributed by atoms with E-state index in [2.05, 4.69) is 22.1 Å². The third-order valence-corrected chi connectivity index (χ3v) is 3.02. The highest BCUT2D eigenvalue weighted by Crippen LogP contribution is 2.07. The number of piperazine rings is 1. The molecule has 1 aliphatic heterocycles. The highest BCUT2D eigenvalue weighted by atomic mass is 16.2. The Morgan fingerprint density at radius 2 is 2.18 bits per heavy atom. The molecule has 0 aromatic carbocycles. The van der Waals surface area contributed by atoms with Crippen LogP contribution in [-0.2, 0) is 0 Å². The van der Waals surface area contributed by atoms with Crippen molar-refractivity contribution >= 4 is 11.7 Å². The summed E-state index contributed by atoms with van der Waals surface area (Å²) in [5.74, 6) is 0. The number of aromatic nitrogens is 1. The van der Waals surface area contributed by atoms with Gasteiger partial charge in [-0.25, -0.2) is 4.79 Å². The van der Waals surface area contributed by atoms with Crippen LogP contribution < -0.4 is 5.32 Å². The fourth-order valence-corrected chi connectivity index (χ4v) is 1.91. The van der Waals surface area contributed by atoms with E-state index in [1.807, 2.05) is 17.0 Å². The Balaban J connectivity index is 1.85. The zero-order valence-electron chi connectivity index (χ0n) is 10.1. The molecule has 1 aliphatic rings. The van der Waals surface area contributed by atoms with E-state index in [4.69, 9.17) is 0 Å². The predicted molar refractivity (Wildman–Crippen MR) is 66.9 cm³/mol. The first-order valence-electron chi connectivity index (χ1n) is 5.98. The number of amides is 2. The Bertz CT molecular complexity index is 360. The van der Waals surface area contributed by atoms with Gasteiger partial charge in [0.1, 0.15) is 0 Å². The van der Waals surface area contributed by atoms with Gasteiger partial charge >= 0.3 is 6.03 Å². The van der Waals surface area contributed by atoms with Crippen LogP contribution in [0.1, 0.15) is 6.92 Å². The second-order valence-corrected chi connectivity index (χ2v) is 4.09. The lowest BCUT2D eigenvalue weighted by atomic mass is 10.3. The summed E-state index contributed by atoms with van der Waals surface area (Å²) in [6, 6.07) is 3.62. The maximum atomic E-state index is 11.9. The molecule has 1 fully saturated rings. The molecule has 2 amide bonds. The maximum Gasteiger partial charge on any atom is 0.321 e. The van der Waals surface area contributed by atoms with E-state index in [0.29, 0.717) is 0 Å². The molecule has 92 valence electrons. The molecule has 0 radical (unpaired) electrons. The molecule has 0 atom stereocenters. The third-order valence-electron chi connectivity index (χ3n) is 3.02. The fraction of sp³-hybridized carbons (Fsp3) is 0.500. The molecular formula is C12H18N4O. The third kappa shape index (κ3) is 3.17. The predicted octanol–water partition coefficient (Wildman–Crippen LogP) is 1.25. The number of rotatable bonds is 2. The standard InChI is InChI=1S/C12H18N4O/c1-2-15-6-8-16(9-7-15)12(17)14-11-4-3-5-13-10-11/h3-5,10H,2,6-9H2,1H3,(H,14,17). The van der Waals surface area contributed by atoms with Gasteiger partial charge in [0, 0.05) is 32.4 Å². The topological polar surface area (TPSA) is 48.5 Å². The van der Waals surface area contributed by atoms with Crippen LogP contribution in [0.4, 0.5) is 10.5 Å². The Hall–Kier alpha value is -1.62. The zero-order chi connectivity index (χ0) is 12.1. The number of likely N-dealkylation sites (N-methyl/N-ethyl adjacent to an activating group) is 1. The minimum absolute atomic E-state index is 0.0336. The summed E-state index contributed by atoms with van der Waals surface area (Å²) in [5.41, 5.74) is 0.746. The number of nitrogens with zero attached hydrogens (tertiary/aromatic N) is 3. The van der Waals surface area contributed by atoms with Gasteiger partial charge in [-0.1, -0.05) is 6.92 Å². The van der Waals surface area contributed by atoms with Gasteiger partial charge in [0.05, 0.1) is 11.9 Å². The number of carbonyl (C=O) groups excluding carboxylic acids is 1. The highest BCUT2D eigenvalue weighted by Gasteiger charge is 2.19. The monoisotopic (exact) mass is 234 g/mol. The van der Waals surface area contributed by atoms with Gasteiger partial charge in [-0.05, 0) is 18.7 Å². The molecule has 0 unspecified atom stereocenters. The van der Waals surface area contributed by atoms with Crippen molar-refractivity contribution in [1.82, 2.24) is 14.8 Å². The van der Waals surface area contributed by atoms with Crippen molar-refractivity contribution in [2.24, 2.45) is 0 Å². The number of carbonyl (C=O) groups is 1. The van der Waals surface area contributed by atoms with Crippen molar-refractivity contribution in [3.63, 3.8) is 0 Å². The van der Waals surface area contributed by atoms with E-state index in [1.165, 1.54) is 0 Å². The number of anilines is 1. The minimum atomic E-state index is -0.0336. The lowest BCUT2D eigenvalue weighted by Crippen LogP contribution is -2.49. The molecule has 1 saturated heterocycles. The Morgan fingerprint density at radius 1 is 1.41 bits per heavy atom. The Labute approximate surface area is 101 Å². The molecule has 1 N–H and O–H groups in total. The van der Waals surface area contributed by atoms with Crippen LogP contribution in [0, 0.1) is 0 Å². The largest absolute Gasteiger partial charge is 0.322 e. The molecule has 17 heavy (non-hydrogen) atoms. The van der Waals surface area contributed by atoms with Gasteiger partial charge in [-0.3, -0.25) is 4.98 Å².